The molecule has 1 saturated heterocycles. The second-order valence-corrected chi connectivity index (χ2v) is 7.43. The van der Waals surface area contributed by atoms with E-state index in [2.05, 4.69) is 40.1 Å². The minimum Gasteiger partial charge on any atom is -0.351 e. The summed E-state index contributed by atoms with van der Waals surface area (Å²) in [7, 11) is 0. The lowest BCUT2D eigenvalue weighted by Crippen LogP contribution is -2.39. The van der Waals surface area contributed by atoms with E-state index in [-0.39, 0.29) is 5.91 Å². The molecular formula is C19H21N3OS. The van der Waals surface area contributed by atoms with Crippen molar-refractivity contribution in [1.29, 1.82) is 0 Å². The summed E-state index contributed by atoms with van der Waals surface area (Å²) in [6.07, 6.45) is 7.64. The monoisotopic (exact) mass is 339 g/mol. The Bertz CT molecular complexity index is 783. The van der Waals surface area contributed by atoms with Gasteiger partial charge >= 0.3 is 0 Å². The number of aryl methyl sites for hydroxylation is 1. The molecule has 3 heterocycles. The van der Waals surface area contributed by atoms with Gasteiger partial charge in [-0.1, -0.05) is 12.1 Å². The number of rotatable bonds is 4. The van der Waals surface area contributed by atoms with E-state index in [1.165, 1.54) is 4.70 Å². The maximum absolute atomic E-state index is 12.5. The van der Waals surface area contributed by atoms with Crippen molar-refractivity contribution in [3.63, 3.8) is 0 Å². The first-order chi connectivity index (χ1) is 11.8. The van der Waals surface area contributed by atoms with Crippen molar-refractivity contribution in [2.24, 2.45) is 0 Å². The summed E-state index contributed by atoms with van der Waals surface area (Å²) in [6, 6.07) is 12.8. The van der Waals surface area contributed by atoms with E-state index < -0.39 is 0 Å². The number of carbonyl (C=O) groups is 1. The molecule has 1 aromatic carbocycles. The molecule has 0 atom stereocenters. The number of likely N-dealkylation sites (tertiary alicyclic amines) is 1. The van der Waals surface area contributed by atoms with E-state index in [0.29, 0.717) is 12.5 Å². The summed E-state index contributed by atoms with van der Waals surface area (Å²) < 4.78 is 3.47. The van der Waals surface area contributed by atoms with E-state index in [4.69, 9.17) is 0 Å². The third-order valence-electron chi connectivity index (χ3n) is 4.76. The van der Waals surface area contributed by atoms with Gasteiger partial charge in [0.2, 0.25) is 5.91 Å². The number of amides is 1. The molecular weight excluding hydrogens is 318 g/mol. The molecule has 24 heavy (non-hydrogen) atoms. The normalized spacial score (nSPS) is 15.9. The van der Waals surface area contributed by atoms with Crippen LogP contribution in [0.25, 0.3) is 10.2 Å². The number of thiazole rings is 1. The van der Waals surface area contributed by atoms with Gasteiger partial charge < -0.3 is 9.47 Å². The highest BCUT2D eigenvalue weighted by atomic mass is 32.1. The van der Waals surface area contributed by atoms with Crippen LogP contribution in [0.2, 0.25) is 0 Å². The first-order valence-corrected chi connectivity index (χ1v) is 9.36. The van der Waals surface area contributed by atoms with E-state index in [1.54, 1.807) is 11.3 Å². The molecule has 5 heteroatoms. The van der Waals surface area contributed by atoms with Gasteiger partial charge in [0.05, 0.1) is 15.2 Å². The number of nitrogens with zero attached hydrogens (tertiary/aromatic N) is 3. The summed E-state index contributed by atoms with van der Waals surface area (Å²) in [5.41, 5.74) is 1.04. The first-order valence-electron chi connectivity index (χ1n) is 8.54. The topological polar surface area (TPSA) is 38.1 Å². The fourth-order valence-electron chi connectivity index (χ4n) is 3.40. The van der Waals surface area contributed by atoms with Crippen LogP contribution in [0.1, 0.15) is 30.3 Å². The van der Waals surface area contributed by atoms with Gasteiger partial charge in [-0.15, -0.1) is 11.3 Å². The molecule has 4 rings (SSSR count). The largest absolute Gasteiger partial charge is 0.351 e. The second-order valence-electron chi connectivity index (χ2n) is 6.32. The Morgan fingerprint density at radius 3 is 2.62 bits per heavy atom. The van der Waals surface area contributed by atoms with Crippen molar-refractivity contribution in [2.75, 3.05) is 13.1 Å². The molecule has 0 aliphatic carbocycles. The fraction of sp³-hybridized carbons (Fsp3) is 0.368. The molecule has 1 amide bonds. The number of hydrogen-bond acceptors (Lipinski definition) is 3. The van der Waals surface area contributed by atoms with E-state index in [0.717, 1.165) is 42.9 Å². The molecule has 0 N–H and O–H groups in total. The van der Waals surface area contributed by atoms with Crippen LogP contribution in [-0.2, 0) is 11.2 Å². The van der Waals surface area contributed by atoms with E-state index >= 15 is 0 Å². The Labute approximate surface area is 145 Å². The molecule has 0 bridgehead atoms. The molecule has 0 unspecified atom stereocenters. The van der Waals surface area contributed by atoms with Crippen LogP contribution in [-0.4, -0.2) is 33.4 Å². The zero-order chi connectivity index (χ0) is 16.4. The van der Waals surface area contributed by atoms with Crippen LogP contribution < -0.4 is 0 Å². The molecule has 3 aromatic rings. The van der Waals surface area contributed by atoms with Gasteiger partial charge in [-0.05, 0) is 37.1 Å². The zero-order valence-electron chi connectivity index (χ0n) is 13.6. The van der Waals surface area contributed by atoms with Crippen molar-refractivity contribution in [1.82, 2.24) is 14.5 Å². The highest BCUT2D eigenvalue weighted by Crippen LogP contribution is 2.25. The number of hydrogen-bond donors (Lipinski definition) is 0. The summed E-state index contributed by atoms with van der Waals surface area (Å²) in [5, 5.41) is 1.06. The minimum absolute atomic E-state index is 0.264. The fourth-order valence-corrected chi connectivity index (χ4v) is 4.37. The van der Waals surface area contributed by atoms with E-state index in [1.807, 2.05) is 23.1 Å². The predicted octanol–water partition coefficient (Wildman–Crippen LogP) is 3.89. The predicted molar refractivity (Wildman–Crippen MR) is 97.2 cm³/mol. The standard InChI is InChI=1S/C19H21N3OS/c23-19(8-7-18-20-16-5-1-2-6-17(16)24-18)22-13-9-15(10-14-22)21-11-3-4-12-21/h1-6,11-12,15H,7-10,13-14H2. The Balaban J connectivity index is 1.30. The summed E-state index contributed by atoms with van der Waals surface area (Å²) in [6.45, 7) is 1.73. The number of carbonyl (C=O) groups excluding carboxylic acids is 1. The van der Waals surface area contributed by atoms with Crippen molar-refractivity contribution < 1.29 is 4.79 Å². The molecule has 2 aromatic heterocycles. The van der Waals surface area contributed by atoms with Crippen molar-refractivity contribution in [3.8, 4) is 0 Å². The quantitative estimate of drug-likeness (QED) is 0.723. The lowest BCUT2D eigenvalue weighted by molar-refractivity contribution is -0.132. The average molecular weight is 339 g/mol. The molecule has 1 fully saturated rings. The second kappa shape index (κ2) is 6.77. The number of benzene rings is 1. The van der Waals surface area contributed by atoms with Gasteiger partial charge in [0.15, 0.2) is 0 Å². The highest BCUT2D eigenvalue weighted by Gasteiger charge is 2.23. The molecule has 1 aliphatic rings. The lowest BCUT2D eigenvalue weighted by atomic mass is 10.0. The summed E-state index contributed by atoms with van der Waals surface area (Å²) >= 11 is 1.70. The SMILES string of the molecule is O=C(CCc1nc2ccccc2s1)N1CCC(n2cccc2)CC1. The van der Waals surface area contributed by atoms with Crippen molar-refractivity contribution >= 4 is 27.5 Å². The van der Waals surface area contributed by atoms with Gasteiger partial charge in [0, 0.05) is 44.4 Å². The maximum Gasteiger partial charge on any atom is 0.222 e. The van der Waals surface area contributed by atoms with Gasteiger partial charge in [-0.3, -0.25) is 4.79 Å². The number of aromatic nitrogens is 2. The van der Waals surface area contributed by atoms with Crippen molar-refractivity contribution in [3.05, 3.63) is 53.8 Å². The first kappa shape index (κ1) is 15.4. The smallest absolute Gasteiger partial charge is 0.222 e. The molecule has 4 nitrogen and oxygen atoms in total. The number of piperidine rings is 1. The number of para-hydroxylation sites is 1. The zero-order valence-corrected chi connectivity index (χ0v) is 14.4. The molecule has 124 valence electrons. The van der Waals surface area contributed by atoms with Crippen LogP contribution in [0, 0.1) is 0 Å². The van der Waals surface area contributed by atoms with Crippen LogP contribution in [0.4, 0.5) is 0 Å². The van der Waals surface area contributed by atoms with Crippen LogP contribution in [0.5, 0.6) is 0 Å². The van der Waals surface area contributed by atoms with Crippen molar-refractivity contribution in [2.45, 2.75) is 31.7 Å². The van der Waals surface area contributed by atoms with Gasteiger partial charge in [0.25, 0.3) is 0 Å². The average Bonchev–Trinajstić information content (AvgIpc) is 3.29. The molecule has 0 spiro atoms. The van der Waals surface area contributed by atoms with Crippen LogP contribution >= 0.6 is 11.3 Å². The van der Waals surface area contributed by atoms with Crippen LogP contribution in [0.15, 0.2) is 48.8 Å². The van der Waals surface area contributed by atoms with Gasteiger partial charge in [0.1, 0.15) is 0 Å². The Morgan fingerprint density at radius 1 is 1.12 bits per heavy atom. The Kier molecular flexibility index (Phi) is 4.34. The number of fused-ring (bicyclic) bond motifs is 1. The lowest BCUT2D eigenvalue weighted by Gasteiger charge is -2.32. The third-order valence-corrected chi connectivity index (χ3v) is 5.85. The summed E-state index contributed by atoms with van der Waals surface area (Å²) in [4.78, 5) is 19.1. The molecule has 1 aliphatic heterocycles. The summed E-state index contributed by atoms with van der Waals surface area (Å²) in [5.74, 6) is 0.264. The van der Waals surface area contributed by atoms with Crippen LogP contribution in [0.3, 0.4) is 0 Å². The van der Waals surface area contributed by atoms with Gasteiger partial charge in [-0.25, -0.2) is 4.98 Å². The molecule has 0 saturated carbocycles. The van der Waals surface area contributed by atoms with E-state index in [9.17, 15) is 4.79 Å². The Morgan fingerprint density at radius 2 is 1.88 bits per heavy atom. The highest BCUT2D eigenvalue weighted by molar-refractivity contribution is 7.18. The minimum atomic E-state index is 0.264. The Hall–Kier alpha value is -2.14. The molecule has 0 radical (unpaired) electrons. The maximum atomic E-state index is 12.5. The third kappa shape index (κ3) is 3.22. The van der Waals surface area contributed by atoms with Gasteiger partial charge in [-0.2, -0.15) is 0 Å².